The molecule has 0 spiro atoms. The number of anilines is 1. The summed E-state index contributed by atoms with van der Waals surface area (Å²) in [5.74, 6) is -0.294. The number of halogens is 1. The van der Waals surface area contributed by atoms with Gasteiger partial charge in [-0.05, 0) is 80.5 Å². The highest BCUT2D eigenvalue weighted by atomic mass is 19.1. The summed E-state index contributed by atoms with van der Waals surface area (Å²) in [4.78, 5) is 29.1. The molecule has 0 saturated carbocycles. The van der Waals surface area contributed by atoms with Gasteiger partial charge in [-0.1, -0.05) is 0 Å². The molecule has 1 aromatic carbocycles. The SMILES string of the molecule is CCOC(=O)c1cnn2ccc(N[C@H](C)c3cc(F)cc(B4OC(C)(C)C(C)(C)O4)c3OCCNC(=O)OC(C)(C)C)nc12. The van der Waals surface area contributed by atoms with Crippen LogP contribution in [-0.4, -0.2) is 70.3 Å². The van der Waals surface area contributed by atoms with Gasteiger partial charge >= 0.3 is 19.2 Å². The van der Waals surface area contributed by atoms with Gasteiger partial charge in [0.25, 0.3) is 0 Å². The Morgan fingerprint density at radius 3 is 2.48 bits per heavy atom. The van der Waals surface area contributed by atoms with Crippen molar-refractivity contribution in [2.75, 3.05) is 25.1 Å². The second-order valence-electron chi connectivity index (χ2n) is 12.5. The van der Waals surface area contributed by atoms with E-state index in [0.29, 0.717) is 28.2 Å². The van der Waals surface area contributed by atoms with E-state index >= 15 is 4.39 Å². The lowest BCUT2D eigenvalue weighted by atomic mass is 9.76. The van der Waals surface area contributed by atoms with Crippen molar-refractivity contribution in [3.8, 4) is 5.75 Å². The molecular weight excluding hydrogens is 572 g/mol. The molecular formula is C30H41BFN5O7. The standard InChI is InChI=1S/C30H41BFN5O7/c1-10-40-26(38)21-17-34-37-13-11-23(36-25(21)37)35-18(2)20-15-19(32)16-22(31-43-29(6,7)30(8,9)44-31)24(20)41-14-12-33-27(39)42-28(3,4)5/h11,13,15-18H,10,12,14H2,1-9H3,(H,33,39)(H,35,36)/t18-/m1/s1. The van der Waals surface area contributed by atoms with Crippen molar-refractivity contribution in [2.45, 2.75) is 85.2 Å². The summed E-state index contributed by atoms with van der Waals surface area (Å²) in [6.45, 7) is 16.9. The van der Waals surface area contributed by atoms with Crippen molar-refractivity contribution < 1.29 is 37.5 Å². The number of nitrogens with one attached hydrogen (secondary N) is 2. The van der Waals surface area contributed by atoms with Crippen molar-refractivity contribution in [1.82, 2.24) is 19.9 Å². The highest BCUT2D eigenvalue weighted by Crippen LogP contribution is 2.38. The Morgan fingerprint density at radius 2 is 1.84 bits per heavy atom. The molecule has 1 saturated heterocycles. The average Bonchev–Trinajstić information content (AvgIpc) is 3.42. The number of hydrogen-bond acceptors (Lipinski definition) is 10. The van der Waals surface area contributed by atoms with E-state index in [1.54, 1.807) is 40.0 Å². The van der Waals surface area contributed by atoms with Crippen LogP contribution in [0, 0.1) is 5.82 Å². The molecule has 2 N–H and O–H groups in total. The van der Waals surface area contributed by atoms with E-state index in [0.717, 1.165) is 0 Å². The zero-order chi connectivity index (χ0) is 32.4. The first-order valence-corrected chi connectivity index (χ1v) is 14.6. The number of ether oxygens (including phenoxy) is 3. The molecule has 14 heteroatoms. The molecule has 1 amide bonds. The number of alkyl carbamates (subject to hydrolysis) is 1. The molecule has 1 aliphatic heterocycles. The van der Waals surface area contributed by atoms with Crippen LogP contribution in [0.4, 0.5) is 15.0 Å². The number of nitrogens with zero attached hydrogens (tertiary/aromatic N) is 3. The quantitative estimate of drug-likeness (QED) is 0.192. The molecule has 238 valence electrons. The molecule has 1 fully saturated rings. The van der Waals surface area contributed by atoms with Crippen LogP contribution < -0.4 is 20.8 Å². The number of carbonyl (C=O) groups excluding carboxylic acids is 2. The molecule has 0 radical (unpaired) electrons. The fourth-order valence-corrected chi connectivity index (χ4v) is 4.49. The first-order valence-electron chi connectivity index (χ1n) is 14.6. The molecule has 3 aromatic rings. The van der Waals surface area contributed by atoms with Crippen LogP contribution in [0.3, 0.4) is 0 Å². The molecule has 1 atom stereocenters. The van der Waals surface area contributed by atoms with E-state index < -0.39 is 47.8 Å². The predicted octanol–water partition coefficient (Wildman–Crippen LogP) is 4.42. The lowest BCUT2D eigenvalue weighted by Gasteiger charge is -2.32. The topological polar surface area (TPSA) is 135 Å². The van der Waals surface area contributed by atoms with E-state index in [1.165, 1.54) is 22.8 Å². The fourth-order valence-electron chi connectivity index (χ4n) is 4.49. The van der Waals surface area contributed by atoms with Gasteiger partial charge in [-0.15, -0.1) is 0 Å². The number of benzene rings is 1. The number of hydrogen-bond donors (Lipinski definition) is 2. The zero-order valence-corrected chi connectivity index (χ0v) is 26.7. The first-order chi connectivity index (χ1) is 20.5. The van der Waals surface area contributed by atoms with Crippen molar-refractivity contribution >= 4 is 36.1 Å². The van der Waals surface area contributed by atoms with Gasteiger partial charge in [-0.3, -0.25) is 0 Å². The van der Waals surface area contributed by atoms with Crippen LogP contribution in [-0.2, 0) is 18.8 Å². The summed E-state index contributed by atoms with van der Waals surface area (Å²) in [6, 6.07) is 3.84. The molecule has 12 nitrogen and oxygen atoms in total. The monoisotopic (exact) mass is 613 g/mol. The minimum absolute atomic E-state index is 0.0556. The second kappa shape index (κ2) is 12.6. The summed E-state index contributed by atoms with van der Waals surface area (Å²) in [5, 5.41) is 10.1. The van der Waals surface area contributed by atoms with Gasteiger partial charge in [0, 0.05) is 17.2 Å². The van der Waals surface area contributed by atoms with Crippen molar-refractivity contribution in [3.63, 3.8) is 0 Å². The molecule has 2 aromatic heterocycles. The Morgan fingerprint density at radius 1 is 1.16 bits per heavy atom. The van der Waals surface area contributed by atoms with E-state index in [9.17, 15) is 9.59 Å². The van der Waals surface area contributed by atoms with Gasteiger partial charge in [-0.2, -0.15) is 5.10 Å². The van der Waals surface area contributed by atoms with Crippen molar-refractivity contribution in [3.05, 3.63) is 47.5 Å². The number of fused-ring (bicyclic) bond motifs is 1. The highest BCUT2D eigenvalue weighted by Gasteiger charge is 2.53. The third-order valence-corrected chi connectivity index (χ3v) is 7.33. The summed E-state index contributed by atoms with van der Waals surface area (Å²) in [5.41, 5.74) is -0.636. The van der Waals surface area contributed by atoms with Gasteiger partial charge in [0.15, 0.2) is 5.65 Å². The summed E-state index contributed by atoms with van der Waals surface area (Å²) in [6.07, 6.45) is 2.47. The maximum absolute atomic E-state index is 15.2. The van der Waals surface area contributed by atoms with Crippen LogP contribution in [0.25, 0.3) is 5.65 Å². The Balaban J connectivity index is 1.64. The number of aromatic nitrogens is 3. The summed E-state index contributed by atoms with van der Waals surface area (Å²) in [7, 11) is -0.913. The number of carbonyl (C=O) groups is 2. The van der Waals surface area contributed by atoms with E-state index in [2.05, 4.69) is 20.7 Å². The van der Waals surface area contributed by atoms with E-state index in [4.69, 9.17) is 23.5 Å². The highest BCUT2D eigenvalue weighted by molar-refractivity contribution is 6.63. The average molecular weight is 613 g/mol. The third kappa shape index (κ3) is 7.41. The van der Waals surface area contributed by atoms with Crippen LogP contribution in [0.15, 0.2) is 30.6 Å². The minimum atomic E-state index is -0.913. The predicted molar refractivity (Wildman–Crippen MR) is 163 cm³/mol. The Kier molecular flexibility index (Phi) is 9.45. The minimum Gasteiger partial charge on any atom is -0.492 e. The number of rotatable bonds is 10. The molecule has 0 unspecified atom stereocenters. The maximum Gasteiger partial charge on any atom is 0.498 e. The van der Waals surface area contributed by atoms with Gasteiger partial charge in [0.05, 0.1) is 36.6 Å². The lowest BCUT2D eigenvalue weighted by molar-refractivity contribution is 0.00578. The number of esters is 1. The Bertz CT molecular complexity index is 1510. The molecule has 1 aliphatic rings. The normalized spacial score (nSPS) is 16.5. The Hall–Kier alpha value is -3.91. The maximum atomic E-state index is 15.2. The number of amides is 1. The van der Waals surface area contributed by atoms with Gasteiger partial charge in [0.2, 0.25) is 0 Å². The smallest absolute Gasteiger partial charge is 0.492 e. The zero-order valence-electron chi connectivity index (χ0n) is 26.7. The van der Waals surface area contributed by atoms with Gasteiger partial charge in [-0.25, -0.2) is 23.5 Å². The molecule has 0 aliphatic carbocycles. The summed E-state index contributed by atoms with van der Waals surface area (Å²) < 4.78 is 45.8. The van der Waals surface area contributed by atoms with E-state index in [1.807, 2.05) is 34.6 Å². The molecule has 3 heterocycles. The molecule has 0 bridgehead atoms. The van der Waals surface area contributed by atoms with Crippen LogP contribution in [0.1, 0.15) is 84.3 Å². The molecule has 4 rings (SSSR count). The van der Waals surface area contributed by atoms with Crippen LogP contribution >= 0.6 is 0 Å². The summed E-state index contributed by atoms with van der Waals surface area (Å²) >= 11 is 0. The van der Waals surface area contributed by atoms with Gasteiger partial charge < -0.3 is 34.2 Å². The Labute approximate surface area is 257 Å². The first kappa shape index (κ1) is 33.0. The van der Waals surface area contributed by atoms with Gasteiger partial charge in [0.1, 0.15) is 35.2 Å². The van der Waals surface area contributed by atoms with Crippen molar-refractivity contribution in [2.24, 2.45) is 0 Å². The second-order valence-corrected chi connectivity index (χ2v) is 12.5. The van der Waals surface area contributed by atoms with Crippen molar-refractivity contribution in [1.29, 1.82) is 0 Å². The van der Waals surface area contributed by atoms with Crippen LogP contribution in [0.5, 0.6) is 5.75 Å². The van der Waals surface area contributed by atoms with E-state index in [-0.39, 0.29) is 25.3 Å². The largest absolute Gasteiger partial charge is 0.498 e. The molecule has 44 heavy (non-hydrogen) atoms. The fraction of sp³-hybridized carbons (Fsp3) is 0.533. The lowest BCUT2D eigenvalue weighted by Crippen LogP contribution is -2.41. The third-order valence-electron chi connectivity index (χ3n) is 7.33. The van der Waals surface area contributed by atoms with Crippen LogP contribution in [0.2, 0.25) is 0 Å².